The van der Waals surface area contributed by atoms with Gasteiger partial charge in [-0.3, -0.25) is 9.79 Å². The van der Waals surface area contributed by atoms with Crippen molar-refractivity contribution in [2.45, 2.75) is 26.8 Å². The van der Waals surface area contributed by atoms with E-state index in [9.17, 15) is 4.79 Å². The Morgan fingerprint density at radius 1 is 1.35 bits per heavy atom. The number of esters is 1. The topological polar surface area (TPSA) is 41.9 Å². The number of aliphatic imine (C=N–C) groups is 1. The van der Waals surface area contributed by atoms with E-state index in [1.54, 1.807) is 0 Å². The minimum absolute atomic E-state index is 0.159. The van der Waals surface area contributed by atoms with E-state index in [-0.39, 0.29) is 11.9 Å². The van der Waals surface area contributed by atoms with Crippen molar-refractivity contribution in [3.05, 3.63) is 35.9 Å². The molecular formula is C16H22N2O2. The zero-order chi connectivity index (χ0) is 14.4. The molecule has 0 bridgehead atoms. The average molecular weight is 274 g/mol. The van der Waals surface area contributed by atoms with E-state index >= 15 is 0 Å². The lowest BCUT2D eigenvalue weighted by Gasteiger charge is -2.25. The molecule has 0 N–H and O–H groups in total. The summed E-state index contributed by atoms with van der Waals surface area (Å²) in [4.78, 5) is 18.8. The Hall–Kier alpha value is -1.84. The molecule has 1 aliphatic heterocycles. The van der Waals surface area contributed by atoms with Crippen LogP contribution < -0.4 is 0 Å². The molecule has 2 rings (SSSR count). The summed E-state index contributed by atoms with van der Waals surface area (Å²) in [5, 5.41) is 0. The van der Waals surface area contributed by atoms with Gasteiger partial charge in [0.1, 0.15) is 11.8 Å². The van der Waals surface area contributed by atoms with Gasteiger partial charge in [0.25, 0.3) is 0 Å². The van der Waals surface area contributed by atoms with Crippen LogP contribution in [0.2, 0.25) is 0 Å². The van der Waals surface area contributed by atoms with Crippen molar-refractivity contribution < 1.29 is 9.53 Å². The molecule has 0 aliphatic carbocycles. The van der Waals surface area contributed by atoms with E-state index in [0.717, 1.165) is 31.9 Å². The molecule has 0 fully saturated rings. The minimum atomic E-state index is -0.235. The lowest BCUT2D eigenvalue weighted by atomic mass is 10.0. The smallest absolute Gasteiger partial charge is 0.316 e. The number of nitrogens with zero attached hydrogens (tertiary/aromatic N) is 2. The van der Waals surface area contributed by atoms with Crippen LogP contribution in [0.3, 0.4) is 0 Å². The monoisotopic (exact) mass is 274 g/mol. The Balaban J connectivity index is 2.07. The van der Waals surface area contributed by atoms with Crippen LogP contribution in [-0.4, -0.2) is 36.4 Å². The second-order valence-electron chi connectivity index (χ2n) is 4.86. The third kappa shape index (κ3) is 3.38. The SMILES string of the molecule is CCOC(=O)C(CC)C1=NCCN1Cc1ccccc1. The van der Waals surface area contributed by atoms with Crippen LogP contribution in [0.15, 0.2) is 35.3 Å². The standard InChI is InChI=1S/C16H22N2O2/c1-3-14(16(19)20-4-2)15-17-10-11-18(15)12-13-8-6-5-7-9-13/h5-9,14H,3-4,10-12H2,1-2H3. The highest BCUT2D eigenvalue weighted by Crippen LogP contribution is 2.18. The molecule has 0 saturated heterocycles. The van der Waals surface area contributed by atoms with Crippen LogP contribution in [-0.2, 0) is 16.1 Å². The zero-order valence-corrected chi connectivity index (χ0v) is 12.2. The summed E-state index contributed by atoms with van der Waals surface area (Å²) < 4.78 is 5.16. The van der Waals surface area contributed by atoms with Crippen LogP contribution in [0.1, 0.15) is 25.8 Å². The fraction of sp³-hybridized carbons (Fsp3) is 0.500. The molecule has 0 amide bonds. The molecular weight excluding hydrogens is 252 g/mol. The second-order valence-corrected chi connectivity index (χ2v) is 4.86. The van der Waals surface area contributed by atoms with Gasteiger partial charge < -0.3 is 9.64 Å². The molecule has 1 atom stereocenters. The first-order chi connectivity index (χ1) is 9.76. The van der Waals surface area contributed by atoms with E-state index in [0.29, 0.717) is 6.61 Å². The molecule has 0 spiro atoms. The summed E-state index contributed by atoms with van der Waals surface area (Å²) in [6.07, 6.45) is 0.725. The van der Waals surface area contributed by atoms with E-state index in [2.05, 4.69) is 22.0 Å². The van der Waals surface area contributed by atoms with Gasteiger partial charge >= 0.3 is 5.97 Å². The highest BCUT2D eigenvalue weighted by Gasteiger charge is 2.30. The van der Waals surface area contributed by atoms with Gasteiger partial charge in [0.05, 0.1) is 13.2 Å². The molecule has 0 radical (unpaired) electrons. The van der Waals surface area contributed by atoms with Crippen LogP contribution in [0, 0.1) is 5.92 Å². The van der Waals surface area contributed by atoms with Gasteiger partial charge in [-0.2, -0.15) is 0 Å². The number of hydrogen-bond donors (Lipinski definition) is 0. The van der Waals surface area contributed by atoms with Crippen molar-refractivity contribution in [3.8, 4) is 0 Å². The number of carbonyl (C=O) groups is 1. The Kier molecular flexibility index (Phi) is 5.16. The molecule has 1 unspecified atom stereocenters. The third-order valence-electron chi connectivity index (χ3n) is 3.48. The van der Waals surface area contributed by atoms with E-state index in [1.165, 1.54) is 5.56 Å². The van der Waals surface area contributed by atoms with Crippen LogP contribution >= 0.6 is 0 Å². The molecule has 20 heavy (non-hydrogen) atoms. The van der Waals surface area contributed by atoms with Crippen LogP contribution in [0.4, 0.5) is 0 Å². The zero-order valence-electron chi connectivity index (χ0n) is 12.2. The largest absolute Gasteiger partial charge is 0.465 e. The first-order valence-electron chi connectivity index (χ1n) is 7.26. The van der Waals surface area contributed by atoms with E-state index in [4.69, 9.17) is 4.74 Å². The maximum atomic E-state index is 12.0. The van der Waals surface area contributed by atoms with Crippen molar-refractivity contribution in [2.75, 3.05) is 19.7 Å². The summed E-state index contributed by atoms with van der Waals surface area (Å²) >= 11 is 0. The van der Waals surface area contributed by atoms with Crippen LogP contribution in [0.5, 0.6) is 0 Å². The van der Waals surface area contributed by atoms with Gasteiger partial charge in [0.15, 0.2) is 0 Å². The summed E-state index contributed by atoms with van der Waals surface area (Å²) in [7, 11) is 0. The lowest BCUT2D eigenvalue weighted by molar-refractivity contribution is -0.145. The average Bonchev–Trinajstić information content (AvgIpc) is 2.89. The maximum Gasteiger partial charge on any atom is 0.316 e. The molecule has 1 aromatic carbocycles. The van der Waals surface area contributed by atoms with E-state index in [1.807, 2.05) is 32.0 Å². The highest BCUT2D eigenvalue weighted by atomic mass is 16.5. The second kappa shape index (κ2) is 7.08. The Morgan fingerprint density at radius 2 is 2.10 bits per heavy atom. The molecule has 1 aliphatic rings. The number of hydrogen-bond acceptors (Lipinski definition) is 4. The van der Waals surface area contributed by atoms with Crippen molar-refractivity contribution in [1.29, 1.82) is 0 Å². The normalized spacial score (nSPS) is 15.9. The first-order valence-corrected chi connectivity index (χ1v) is 7.26. The summed E-state index contributed by atoms with van der Waals surface area (Å²) in [5.74, 6) is 0.490. The third-order valence-corrected chi connectivity index (χ3v) is 3.48. The van der Waals surface area contributed by atoms with Gasteiger partial charge in [0, 0.05) is 13.1 Å². The number of benzene rings is 1. The van der Waals surface area contributed by atoms with Gasteiger partial charge in [0.2, 0.25) is 0 Å². The maximum absolute atomic E-state index is 12.0. The summed E-state index contributed by atoms with van der Waals surface area (Å²) in [5.41, 5.74) is 1.24. The van der Waals surface area contributed by atoms with Gasteiger partial charge in [-0.1, -0.05) is 37.3 Å². The fourth-order valence-electron chi connectivity index (χ4n) is 2.49. The minimum Gasteiger partial charge on any atom is -0.465 e. The van der Waals surface area contributed by atoms with Gasteiger partial charge in [-0.25, -0.2) is 0 Å². The summed E-state index contributed by atoms with van der Waals surface area (Å²) in [6, 6.07) is 10.3. The number of amidine groups is 1. The molecule has 1 heterocycles. The molecule has 4 nitrogen and oxygen atoms in total. The van der Waals surface area contributed by atoms with Crippen molar-refractivity contribution in [3.63, 3.8) is 0 Å². The first kappa shape index (κ1) is 14.6. The number of rotatable bonds is 6. The predicted octanol–water partition coefficient (Wildman–Crippen LogP) is 2.49. The molecule has 1 aromatic rings. The molecule has 4 heteroatoms. The highest BCUT2D eigenvalue weighted by molar-refractivity contribution is 6.01. The van der Waals surface area contributed by atoms with Crippen molar-refractivity contribution in [2.24, 2.45) is 10.9 Å². The summed E-state index contributed by atoms with van der Waals surface area (Å²) in [6.45, 7) is 6.70. The lowest BCUT2D eigenvalue weighted by Crippen LogP contribution is -2.37. The fourth-order valence-corrected chi connectivity index (χ4v) is 2.49. The number of carbonyl (C=O) groups excluding carboxylic acids is 1. The van der Waals surface area contributed by atoms with E-state index < -0.39 is 0 Å². The van der Waals surface area contributed by atoms with Gasteiger partial charge in [-0.15, -0.1) is 0 Å². The van der Waals surface area contributed by atoms with Crippen molar-refractivity contribution >= 4 is 11.8 Å². The number of ether oxygens (including phenoxy) is 1. The Morgan fingerprint density at radius 3 is 2.75 bits per heavy atom. The molecule has 108 valence electrons. The quantitative estimate of drug-likeness (QED) is 0.748. The Bertz CT molecular complexity index is 471. The van der Waals surface area contributed by atoms with Crippen molar-refractivity contribution in [1.82, 2.24) is 4.90 Å². The molecule has 0 aromatic heterocycles. The predicted molar refractivity (Wildman–Crippen MR) is 79.6 cm³/mol. The molecule has 0 saturated carbocycles. The van der Waals surface area contributed by atoms with Crippen LogP contribution in [0.25, 0.3) is 0 Å². The van der Waals surface area contributed by atoms with Gasteiger partial charge in [-0.05, 0) is 18.9 Å². The Labute approximate surface area is 120 Å².